The summed E-state index contributed by atoms with van der Waals surface area (Å²) >= 11 is 0. The van der Waals surface area contributed by atoms with Crippen molar-refractivity contribution in [1.82, 2.24) is 24.5 Å². The van der Waals surface area contributed by atoms with Crippen molar-refractivity contribution in [1.29, 1.82) is 5.26 Å². The number of aryl methyl sites for hydroxylation is 1. The van der Waals surface area contributed by atoms with Crippen LogP contribution in [0.15, 0.2) is 91.3 Å². The van der Waals surface area contributed by atoms with Gasteiger partial charge < -0.3 is 14.8 Å². The molecule has 0 unspecified atom stereocenters. The number of nitriles is 1. The smallest absolute Gasteiger partial charge is 0.140 e. The Morgan fingerprint density at radius 2 is 1.65 bits per heavy atom. The van der Waals surface area contributed by atoms with Crippen molar-refractivity contribution in [2.75, 3.05) is 0 Å². The molecule has 8 nitrogen and oxygen atoms in total. The first-order chi connectivity index (χ1) is 19.6. The molecule has 0 spiro atoms. The molecule has 6 aromatic rings. The lowest BCUT2D eigenvalue weighted by atomic mass is 10.00. The Hall–Kier alpha value is -5.42. The molecule has 6 rings (SSSR count). The summed E-state index contributed by atoms with van der Waals surface area (Å²) in [6, 6.07) is 26.8. The van der Waals surface area contributed by atoms with E-state index in [0.29, 0.717) is 47.6 Å². The molecule has 3 heterocycles. The molecule has 3 aromatic carbocycles. The molecule has 8 heteroatoms. The number of rotatable bonds is 7. The highest BCUT2D eigenvalue weighted by molar-refractivity contribution is 5.97. The Morgan fingerprint density at radius 3 is 2.45 bits per heavy atom. The van der Waals surface area contributed by atoms with Gasteiger partial charge in [0.2, 0.25) is 0 Å². The minimum atomic E-state index is -0.0911. The van der Waals surface area contributed by atoms with E-state index >= 15 is 0 Å². The predicted octanol–water partition coefficient (Wildman–Crippen LogP) is 5.90. The monoisotopic (exact) mass is 526 g/mol. The molecule has 0 bridgehead atoms. The number of aromatic hydroxyl groups is 2. The van der Waals surface area contributed by atoms with Crippen molar-refractivity contribution in [2.24, 2.45) is 0 Å². The van der Waals surface area contributed by atoms with Gasteiger partial charge in [-0.1, -0.05) is 60.7 Å². The van der Waals surface area contributed by atoms with Crippen molar-refractivity contribution in [3.63, 3.8) is 0 Å². The molecule has 196 valence electrons. The number of aromatic nitrogens is 5. The van der Waals surface area contributed by atoms with E-state index in [4.69, 9.17) is 4.98 Å². The number of phenolic OH excluding ortho intramolecular Hbond substituents is 2. The van der Waals surface area contributed by atoms with Crippen LogP contribution in [0.25, 0.3) is 33.5 Å². The first-order valence-electron chi connectivity index (χ1n) is 13.0. The fourth-order valence-electron chi connectivity index (χ4n) is 5.11. The molecule has 0 fully saturated rings. The van der Waals surface area contributed by atoms with Gasteiger partial charge in [-0.15, -0.1) is 5.10 Å². The Morgan fingerprint density at radius 1 is 0.850 bits per heavy atom. The number of hydrogen-bond acceptors (Lipinski definition) is 6. The third-order valence-electron chi connectivity index (χ3n) is 7.11. The van der Waals surface area contributed by atoms with E-state index in [2.05, 4.69) is 33.1 Å². The standard InChI is InChI=1S/C32H26N6O2/c1-2-22-15-26(29(40)16-28(22)39)30-31(38(36-35-30)19-24-12-7-6-11-23(24)17-33)27-20-37(18-21-9-4-3-5-10-21)32-25(27)13-8-14-34-32/h3-16,20,39-40H,2,18-19H2,1H3. The van der Waals surface area contributed by atoms with Crippen LogP contribution in [0.5, 0.6) is 11.5 Å². The second kappa shape index (κ2) is 10.4. The molecule has 0 amide bonds. The summed E-state index contributed by atoms with van der Waals surface area (Å²) in [5.41, 5.74) is 6.46. The first-order valence-corrected chi connectivity index (χ1v) is 13.0. The van der Waals surface area contributed by atoms with E-state index in [9.17, 15) is 15.5 Å². The van der Waals surface area contributed by atoms with Crippen LogP contribution in [-0.4, -0.2) is 34.8 Å². The highest BCUT2D eigenvalue weighted by Crippen LogP contribution is 2.41. The van der Waals surface area contributed by atoms with Crippen molar-refractivity contribution in [3.05, 3.63) is 114 Å². The summed E-state index contributed by atoms with van der Waals surface area (Å²) < 4.78 is 3.86. The molecule has 0 radical (unpaired) electrons. The summed E-state index contributed by atoms with van der Waals surface area (Å²) in [6.45, 7) is 2.86. The van der Waals surface area contributed by atoms with Gasteiger partial charge in [-0.3, -0.25) is 0 Å². The van der Waals surface area contributed by atoms with E-state index in [1.54, 1.807) is 23.0 Å². The number of pyridine rings is 1. The van der Waals surface area contributed by atoms with Gasteiger partial charge >= 0.3 is 0 Å². The second-order valence-corrected chi connectivity index (χ2v) is 9.60. The van der Waals surface area contributed by atoms with Crippen LogP contribution < -0.4 is 0 Å². The quantitative estimate of drug-likeness (QED) is 0.268. The van der Waals surface area contributed by atoms with Crippen molar-refractivity contribution >= 4 is 11.0 Å². The molecule has 40 heavy (non-hydrogen) atoms. The molecule has 0 saturated heterocycles. The van der Waals surface area contributed by atoms with E-state index < -0.39 is 0 Å². The normalized spacial score (nSPS) is 11.1. The highest BCUT2D eigenvalue weighted by atomic mass is 16.3. The maximum absolute atomic E-state index is 10.9. The minimum absolute atomic E-state index is 0.0318. The molecule has 0 saturated carbocycles. The van der Waals surface area contributed by atoms with Gasteiger partial charge in [0.15, 0.2) is 0 Å². The third kappa shape index (κ3) is 4.44. The topological polar surface area (TPSA) is 113 Å². The van der Waals surface area contributed by atoms with Crippen molar-refractivity contribution in [3.8, 4) is 40.1 Å². The van der Waals surface area contributed by atoms with E-state index in [0.717, 1.165) is 27.7 Å². The SMILES string of the molecule is CCc1cc(-c2nnn(Cc3ccccc3C#N)c2-c2cn(Cc3ccccc3)c3ncccc23)c(O)cc1O. The van der Waals surface area contributed by atoms with Gasteiger partial charge in [0.25, 0.3) is 0 Å². The number of benzene rings is 3. The lowest BCUT2D eigenvalue weighted by Crippen LogP contribution is -2.06. The summed E-state index contributed by atoms with van der Waals surface area (Å²) in [5, 5.41) is 40.9. The summed E-state index contributed by atoms with van der Waals surface area (Å²) in [5.74, 6) is -0.0594. The van der Waals surface area contributed by atoms with Gasteiger partial charge in [0.1, 0.15) is 22.8 Å². The fraction of sp³-hybridized carbons (Fsp3) is 0.125. The Kier molecular flexibility index (Phi) is 6.46. The van der Waals surface area contributed by atoms with Crippen LogP contribution in [0.1, 0.15) is 29.2 Å². The van der Waals surface area contributed by atoms with Crippen LogP contribution in [0.2, 0.25) is 0 Å². The van der Waals surface area contributed by atoms with E-state index in [-0.39, 0.29) is 11.5 Å². The van der Waals surface area contributed by atoms with Gasteiger partial charge in [-0.2, -0.15) is 5.26 Å². The van der Waals surface area contributed by atoms with Crippen molar-refractivity contribution < 1.29 is 10.2 Å². The zero-order chi connectivity index (χ0) is 27.6. The molecule has 0 atom stereocenters. The number of nitrogens with zero attached hydrogens (tertiary/aromatic N) is 6. The maximum Gasteiger partial charge on any atom is 0.140 e. The Labute approximate surface area is 231 Å². The Balaban J connectivity index is 1.59. The number of phenols is 2. The minimum Gasteiger partial charge on any atom is -0.508 e. The molecular formula is C32H26N6O2. The molecule has 3 aromatic heterocycles. The third-order valence-corrected chi connectivity index (χ3v) is 7.11. The van der Waals surface area contributed by atoms with Crippen LogP contribution in [-0.2, 0) is 19.5 Å². The van der Waals surface area contributed by atoms with Crippen LogP contribution in [0.3, 0.4) is 0 Å². The van der Waals surface area contributed by atoms with E-state index in [1.807, 2.05) is 61.7 Å². The fourth-order valence-corrected chi connectivity index (χ4v) is 5.11. The Bertz CT molecular complexity index is 1880. The highest BCUT2D eigenvalue weighted by Gasteiger charge is 2.25. The second-order valence-electron chi connectivity index (χ2n) is 9.60. The summed E-state index contributed by atoms with van der Waals surface area (Å²) in [6.07, 6.45) is 4.39. The average Bonchev–Trinajstić information content (AvgIpc) is 3.55. The first kappa shape index (κ1) is 24.9. The summed E-state index contributed by atoms with van der Waals surface area (Å²) in [7, 11) is 0. The zero-order valence-corrected chi connectivity index (χ0v) is 21.9. The van der Waals surface area contributed by atoms with Gasteiger partial charge in [-0.25, -0.2) is 9.67 Å². The van der Waals surface area contributed by atoms with Crippen LogP contribution >= 0.6 is 0 Å². The molecule has 0 aliphatic rings. The van der Waals surface area contributed by atoms with Gasteiger partial charge in [0, 0.05) is 41.5 Å². The van der Waals surface area contributed by atoms with Crippen LogP contribution in [0, 0.1) is 11.3 Å². The molecule has 0 aliphatic heterocycles. The number of hydrogen-bond donors (Lipinski definition) is 2. The van der Waals surface area contributed by atoms with Gasteiger partial charge in [-0.05, 0) is 47.4 Å². The van der Waals surface area contributed by atoms with Crippen molar-refractivity contribution in [2.45, 2.75) is 26.4 Å². The lowest BCUT2D eigenvalue weighted by Gasteiger charge is -2.11. The summed E-state index contributed by atoms with van der Waals surface area (Å²) in [4.78, 5) is 4.70. The largest absolute Gasteiger partial charge is 0.508 e. The average molecular weight is 527 g/mol. The lowest BCUT2D eigenvalue weighted by molar-refractivity contribution is 0.447. The zero-order valence-electron chi connectivity index (χ0n) is 21.9. The molecule has 2 N–H and O–H groups in total. The van der Waals surface area contributed by atoms with E-state index in [1.165, 1.54) is 6.07 Å². The maximum atomic E-state index is 10.9. The van der Waals surface area contributed by atoms with Gasteiger partial charge in [0.05, 0.1) is 23.9 Å². The van der Waals surface area contributed by atoms with Crippen LogP contribution in [0.4, 0.5) is 0 Å². The molecule has 0 aliphatic carbocycles. The predicted molar refractivity (Wildman–Crippen MR) is 153 cm³/mol. The number of fused-ring (bicyclic) bond motifs is 1. The molecular weight excluding hydrogens is 500 g/mol.